The number of alkyl carbamates (subject to hydrolysis) is 1. The highest BCUT2D eigenvalue weighted by Gasteiger charge is 2.32. The van der Waals surface area contributed by atoms with Crippen LogP contribution < -0.4 is 21.3 Å². The third-order valence-electron chi connectivity index (χ3n) is 7.66. The normalized spacial score (nSPS) is 16.4. The molecule has 0 bridgehead atoms. The minimum absolute atomic E-state index is 0.0275. The summed E-state index contributed by atoms with van der Waals surface area (Å²) in [5.74, 6) is -1.56. The van der Waals surface area contributed by atoms with Crippen LogP contribution in [0.3, 0.4) is 0 Å². The number of amides is 4. The molecular weight excluding hydrogens is 560 g/mol. The van der Waals surface area contributed by atoms with E-state index in [9.17, 15) is 24.0 Å². The maximum Gasteiger partial charge on any atom is 0.408 e. The molecule has 1 fully saturated rings. The Morgan fingerprint density at radius 3 is 2.32 bits per heavy atom. The largest absolute Gasteiger partial charge is 0.445 e. The standard InChI is InChI=1S/C34H40N4O6/c1-22(2)17-29(32(41)36-27(20-39)18-26-15-16-35-31(26)40)37-33(42)30(38-34(43)44-21-23-9-4-3-5-10-23)19-25-13-8-12-24-11-6-7-14-28(24)25/h3-14,20,22,26-27,29-30H,15-19,21H2,1-2H3,(H,35,40)(H,36,41)(H,37,42)(H,38,43)/t26-,27-,29-,30+/m0/s1. The quantitative estimate of drug-likeness (QED) is 0.209. The van der Waals surface area contributed by atoms with E-state index >= 15 is 0 Å². The van der Waals surface area contributed by atoms with E-state index in [2.05, 4.69) is 21.3 Å². The molecule has 10 heteroatoms. The van der Waals surface area contributed by atoms with Crippen molar-refractivity contribution in [2.75, 3.05) is 6.54 Å². The van der Waals surface area contributed by atoms with Crippen LogP contribution in [0.25, 0.3) is 10.8 Å². The molecule has 3 aromatic rings. The second-order valence-electron chi connectivity index (χ2n) is 11.6. The molecule has 4 rings (SSSR count). The second-order valence-corrected chi connectivity index (χ2v) is 11.6. The predicted octanol–water partition coefficient (Wildman–Crippen LogP) is 3.42. The van der Waals surface area contributed by atoms with Gasteiger partial charge in [0.05, 0.1) is 6.04 Å². The van der Waals surface area contributed by atoms with Crippen LogP contribution in [0.5, 0.6) is 0 Å². The van der Waals surface area contributed by atoms with Gasteiger partial charge in [0.15, 0.2) is 0 Å². The van der Waals surface area contributed by atoms with Crippen LogP contribution in [0.2, 0.25) is 0 Å². The van der Waals surface area contributed by atoms with Crippen molar-refractivity contribution in [3.05, 3.63) is 83.9 Å². The van der Waals surface area contributed by atoms with Gasteiger partial charge < -0.3 is 30.8 Å². The lowest BCUT2D eigenvalue weighted by atomic mass is 9.97. The first kappa shape index (κ1) is 32.2. The van der Waals surface area contributed by atoms with Crippen LogP contribution in [0.4, 0.5) is 4.79 Å². The van der Waals surface area contributed by atoms with Crippen molar-refractivity contribution in [2.45, 2.75) is 64.3 Å². The molecule has 10 nitrogen and oxygen atoms in total. The van der Waals surface area contributed by atoms with E-state index in [1.54, 1.807) is 0 Å². The molecule has 1 saturated heterocycles. The fourth-order valence-corrected chi connectivity index (χ4v) is 5.39. The number of benzene rings is 3. The number of nitrogens with one attached hydrogen (secondary N) is 4. The topological polar surface area (TPSA) is 143 Å². The molecule has 0 aliphatic carbocycles. The van der Waals surface area contributed by atoms with Crippen LogP contribution in [-0.2, 0) is 36.9 Å². The van der Waals surface area contributed by atoms with Crippen molar-refractivity contribution in [3.63, 3.8) is 0 Å². The van der Waals surface area contributed by atoms with Crippen LogP contribution in [-0.4, -0.2) is 54.8 Å². The third-order valence-corrected chi connectivity index (χ3v) is 7.66. The smallest absolute Gasteiger partial charge is 0.408 e. The number of ether oxygens (including phenoxy) is 1. The first-order valence-electron chi connectivity index (χ1n) is 15.0. The lowest BCUT2D eigenvalue weighted by molar-refractivity contribution is -0.131. The Morgan fingerprint density at radius 1 is 0.909 bits per heavy atom. The molecule has 4 amide bonds. The van der Waals surface area contributed by atoms with E-state index in [0.29, 0.717) is 25.7 Å². The Hall–Kier alpha value is -4.73. The predicted molar refractivity (Wildman–Crippen MR) is 166 cm³/mol. The monoisotopic (exact) mass is 600 g/mol. The van der Waals surface area contributed by atoms with Crippen LogP contribution in [0.1, 0.15) is 44.2 Å². The number of fused-ring (bicyclic) bond motifs is 1. The van der Waals surface area contributed by atoms with E-state index in [0.717, 1.165) is 21.9 Å². The summed E-state index contributed by atoms with van der Waals surface area (Å²) in [5.41, 5.74) is 1.64. The number of aldehydes is 1. The summed E-state index contributed by atoms with van der Waals surface area (Å²) in [7, 11) is 0. The summed E-state index contributed by atoms with van der Waals surface area (Å²) >= 11 is 0. The molecule has 4 atom stereocenters. The van der Waals surface area contributed by atoms with E-state index in [1.165, 1.54) is 0 Å². The zero-order valence-electron chi connectivity index (χ0n) is 25.1. The number of carbonyl (C=O) groups excluding carboxylic acids is 5. The van der Waals surface area contributed by atoms with Crippen LogP contribution >= 0.6 is 0 Å². The fraction of sp³-hybridized carbons (Fsp3) is 0.382. The average Bonchev–Trinajstić information content (AvgIpc) is 3.43. The first-order chi connectivity index (χ1) is 21.2. The average molecular weight is 601 g/mol. The van der Waals surface area contributed by atoms with Crippen molar-refractivity contribution in [1.82, 2.24) is 21.3 Å². The van der Waals surface area contributed by atoms with Crippen molar-refractivity contribution in [1.29, 1.82) is 0 Å². The van der Waals surface area contributed by atoms with E-state index in [4.69, 9.17) is 4.74 Å². The van der Waals surface area contributed by atoms with Crippen molar-refractivity contribution in [2.24, 2.45) is 11.8 Å². The maximum absolute atomic E-state index is 13.8. The minimum Gasteiger partial charge on any atom is -0.445 e. The summed E-state index contributed by atoms with van der Waals surface area (Å²) in [6.07, 6.45) is 1.07. The number of rotatable bonds is 14. The lowest BCUT2D eigenvalue weighted by Crippen LogP contribution is -2.56. The summed E-state index contributed by atoms with van der Waals surface area (Å²) in [6.45, 7) is 4.40. The van der Waals surface area contributed by atoms with Crippen molar-refractivity contribution >= 4 is 40.9 Å². The molecule has 0 aromatic heterocycles. The summed E-state index contributed by atoms with van der Waals surface area (Å²) < 4.78 is 5.41. The maximum atomic E-state index is 13.8. The summed E-state index contributed by atoms with van der Waals surface area (Å²) in [4.78, 5) is 63.9. The number of hydrogen-bond donors (Lipinski definition) is 4. The van der Waals surface area contributed by atoms with Gasteiger partial charge in [0.25, 0.3) is 0 Å². The Balaban J connectivity index is 1.50. The Kier molecular flexibility index (Phi) is 11.5. The van der Waals surface area contributed by atoms with Gasteiger partial charge in [0.1, 0.15) is 25.0 Å². The van der Waals surface area contributed by atoms with Gasteiger partial charge in [-0.2, -0.15) is 0 Å². The third kappa shape index (κ3) is 9.13. The first-order valence-corrected chi connectivity index (χ1v) is 15.0. The molecular formula is C34H40N4O6. The number of carbonyl (C=O) groups is 5. The van der Waals surface area contributed by atoms with E-state index in [-0.39, 0.29) is 37.2 Å². The number of hydrogen-bond acceptors (Lipinski definition) is 6. The highest BCUT2D eigenvalue weighted by atomic mass is 16.5. The molecule has 3 aromatic carbocycles. The Morgan fingerprint density at radius 2 is 1.61 bits per heavy atom. The zero-order valence-corrected chi connectivity index (χ0v) is 25.1. The van der Waals surface area contributed by atoms with Crippen LogP contribution in [0.15, 0.2) is 72.8 Å². The fourth-order valence-electron chi connectivity index (χ4n) is 5.39. The molecule has 232 valence electrons. The molecule has 0 spiro atoms. The molecule has 44 heavy (non-hydrogen) atoms. The zero-order chi connectivity index (χ0) is 31.5. The van der Waals surface area contributed by atoms with Crippen molar-refractivity contribution < 1.29 is 28.7 Å². The highest BCUT2D eigenvalue weighted by Crippen LogP contribution is 2.21. The summed E-state index contributed by atoms with van der Waals surface area (Å²) in [5, 5.41) is 12.9. The molecule has 4 N–H and O–H groups in total. The molecule has 1 aliphatic rings. The molecule has 0 unspecified atom stereocenters. The van der Waals surface area contributed by atoms with Gasteiger partial charge in [0.2, 0.25) is 17.7 Å². The highest BCUT2D eigenvalue weighted by molar-refractivity contribution is 5.93. The van der Waals surface area contributed by atoms with Gasteiger partial charge in [-0.15, -0.1) is 0 Å². The van der Waals surface area contributed by atoms with Gasteiger partial charge in [-0.05, 0) is 47.1 Å². The Labute approximate surface area is 257 Å². The van der Waals surface area contributed by atoms with Gasteiger partial charge in [-0.3, -0.25) is 14.4 Å². The van der Waals surface area contributed by atoms with Gasteiger partial charge in [-0.1, -0.05) is 86.6 Å². The molecule has 0 saturated carbocycles. The SMILES string of the molecule is CC(C)C[C@H](NC(=O)[C@@H](Cc1cccc2ccccc12)NC(=O)OCc1ccccc1)C(=O)N[C@H](C=O)C[C@@H]1CCNC1=O. The van der Waals surface area contributed by atoms with E-state index in [1.807, 2.05) is 86.6 Å². The van der Waals surface area contributed by atoms with Crippen molar-refractivity contribution in [3.8, 4) is 0 Å². The molecule has 1 aliphatic heterocycles. The minimum atomic E-state index is -1.06. The molecule has 0 radical (unpaired) electrons. The van der Waals surface area contributed by atoms with Gasteiger partial charge in [0, 0.05) is 18.9 Å². The van der Waals surface area contributed by atoms with Crippen LogP contribution in [0, 0.1) is 11.8 Å². The summed E-state index contributed by atoms with van der Waals surface area (Å²) in [6, 6.07) is 19.8. The molecule has 1 heterocycles. The Bertz CT molecular complexity index is 1460. The van der Waals surface area contributed by atoms with Gasteiger partial charge in [-0.25, -0.2) is 4.79 Å². The van der Waals surface area contributed by atoms with Gasteiger partial charge >= 0.3 is 6.09 Å². The lowest BCUT2D eigenvalue weighted by Gasteiger charge is -2.26. The second kappa shape index (κ2) is 15.7. The van der Waals surface area contributed by atoms with E-state index < -0.39 is 36.0 Å².